The van der Waals surface area contributed by atoms with E-state index in [1.54, 1.807) is 13.0 Å². The fraction of sp³-hybridized carbons (Fsp3) is 0.571. The van der Waals surface area contributed by atoms with Gasteiger partial charge >= 0.3 is 5.97 Å². The Labute approximate surface area is 59.3 Å². The van der Waals surface area contributed by atoms with Crippen molar-refractivity contribution in [3.8, 4) is 0 Å². The van der Waals surface area contributed by atoms with Crippen molar-refractivity contribution in [3.05, 3.63) is 11.6 Å². The minimum atomic E-state index is -0.847. The van der Waals surface area contributed by atoms with E-state index in [9.17, 15) is 4.79 Å². The molecule has 10 heavy (non-hydrogen) atoms. The summed E-state index contributed by atoms with van der Waals surface area (Å²) in [6.07, 6.45) is 2.72. The molecule has 0 amide bonds. The largest absolute Gasteiger partial charge is 0.478 e. The van der Waals surface area contributed by atoms with Crippen molar-refractivity contribution in [3.63, 3.8) is 0 Å². The van der Waals surface area contributed by atoms with Gasteiger partial charge in [-0.3, -0.25) is 0 Å². The molecule has 0 aliphatic carbocycles. The number of epoxide rings is 1. The average molecular weight is 142 g/mol. The molecule has 0 bridgehead atoms. The maximum absolute atomic E-state index is 10.2. The first-order valence-electron chi connectivity index (χ1n) is 3.22. The number of hydrogen-bond donors (Lipinski definition) is 1. The number of aliphatic carboxylic acids is 1. The highest BCUT2D eigenvalue weighted by molar-refractivity contribution is 5.85. The third-order valence-electron chi connectivity index (χ3n) is 1.43. The van der Waals surface area contributed by atoms with E-state index < -0.39 is 5.97 Å². The summed E-state index contributed by atoms with van der Waals surface area (Å²) in [4.78, 5) is 10.2. The van der Waals surface area contributed by atoms with Gasteiger partial charge in [-0.1, -0.05) is 6.08 Å². The molecule has 0 aromatic carbocycles. The standard InChI is InChI=1S/C7H10O3/c1-5(7(8)9)2-3-6-4-10-6/h2,6H,3-4H2,1H3,(H,8,9)/b5-2+/t6-/m0/s1. The smallest absolute Gasteiger partial charge is 0.330 e. The van der Waals surface area contributed by atoms with Crippen molar-refractivity contribution < 1.29 is 14.6 Å². The summed E-state index contributed by atoms with van der Waals surface area (Å²) in [6, 6.07) is 0. The Bertz CT molecular complexity index is 168. The molecule has 1 aliphatic heterocycles. The highest BCUT2D eigenvalue weighted by Crippen LogP contribution is 2.14. The van der Waals surface area contributed by atoms with Gasteiger partial charge in [0.15, 0.2) is 0 Å². The number of hydrogen-bond acceptors (Lipinski definition) is 2. The molecule has 1 saturated heterocycles. The van der Waals surface area contributed by atoms with Gasteiger partial charge in [0, 0.05) is 5.57 Å². The first kappa shape index (κ1) is 7.28. The Morgan fingerprint density at radius 2 is 2.50 bits per heavy atom. The Hall–Kier alpha value is -0.830. The van der Waals surface area contributed by atoms with Gasteiger partial charge in [-0.25, -0.2) is 4.79 Å². The third-order valence-corrected chi connectivity index (χ3v) is 1.43. The molecule has 0 unspecified atom stereocenters. The third kappa shape index (κ3) is 2.19. The van der Waals surface area contributed by atoms with Gasteiger partial charge in [-0.2, -0.15) is 0 Å². The Balaban J connectivity index is 2.29. The van der Waals surface area contributed by atoms with Gasteiger partial charge in [-0.05, 0) is 13.3 Å². The van der Waals surface area contributed by atoms with E-state index in [1.165, 1.54) is 0 Å². The maximum atomic E-state index is 10.2. The van der Waals surface area contributed by atoms with Crippen molar-refractivity contribution in [1.29, 1.82) is 0 Å². The molecule has 0 aromatic heterocycles. The Morgan fingerprint density at radius 1 is 1.90 bits per heavy atom. The van der Waals surface area contributed by atoms with Crippen molar-refractivity contribution >= 4 is 5.97 Å². The van der Waals surface area contributed by atoms with E-state index in [0.717, 1.165) is 13.0 Å². The molecule has 0 radical (unpaired) electrons. The van der Waals surface area contributed by atoms with Gasteiger partial charge in [-0.15, -0.1) is 0 Å². The molecule has 3 heteroatoms. The maximum Gasteiger partial charge on any atom is 0.330 e. The predicted molar refractivity (Wildman–Crippen MR) is 35.7 cm³/mol. The van der Waals surface area contributed by atoms with Crippen LogP contribution in [0, 0.1) is 0 Å². The summed E-state index contributed by atoms with van der Waals surface area (Å²) in [6.45, 7) is 2.37. The number of carboxylic acid groups (broad SMARTS) is 1. The number of rotatable bonds is 3. The minimum absolute atomic E-state index is 0.286. The lowest BCUT2D eigenvalue weighted by atomic mass is 10.2. The first-order chi connectivity index (χ1) is 4.70. The van der Waals surface area contributed by atoms with Crippen molar-refractivity contribution in [2.24, 2.45) is 0 Å². The SMILES string of the molecule is C/C(=C\C[C@H]1CO1)C(=O)O. The van der Waals surface area contributed by atoms with Crippen LogP contribution in [0.15, 0.2) is 11.6 Å². The highest BCUT2D eigenvalue weighted by atomic mass is 16.6. The van der Waals surface area contributed by atoms with Crippen molar-refractivity contribution in [2.75, 3.05) is 6.61 Å². The monoisotopic (exact) mass is 142 g/mol. The van der Waals surface area contributed by atoms with Crippen LogP contribution in [0.3, 0.4) is 0 Å². The van der Waals surface area contributed by atoms with Crippen LogP contribution in [0.2, 0.25) is 0 Å². The summed E-state index contributed by atoms with van der Waals surface area (Å²) in [7, 11) is 0. The van der Waals surface area contributed by atoms with E-state index >= 15 is 0 Å². The van der Waals surface area contributed by atoms with Crippen LogP contribution in [0.4, 0.5) is 0 Å². The molecule has 0 saturated carbocycles. The fourth-order valence-corrected chi connectivity index (χ4v) is 0.600. The lowest BCUT2D eigenvalue weighted by Crippen LogP contribution is -1.96. The van der Waals surface area contributed by atoms with Crippen LogP contribution in [0.25, 0.3) is 0 Å². The quantitative estimate of drug-likeness (QED) is 0.468. The van der Waals surface area contributed by atoms with Crippen LogP contribution < -0.4 is 0 Å². The molecule has 1 fully saturated rings. The highest BCUT2D eigenvalue weighted by Gasteiger charge is 2.20. The average Bonchev–Trinajstić information content (AvgIpc) is 2.64. The fourth-order valence-electron chi connectivity index (χ4n) is 0.600. The normalized spacial score (nSPS) is 24.5. The predicted octanol–water partition coefficient (Wildman–Crippen LogP) is 0.806. The zero-order valence-electron chi connectivity index (χ0n) is 5.83. The van der Waals surface area contributed by atoms with Crippen LogP contribution in [-0.4, -0.2) is 23.8 Å². The number of carbonyl (C=O) groups is 1. The summed E-state index contributed by atoms with van der Waals surface area (Å²) in [5.74, 6) is -0.847. The van der Waals surface area contributed by atoms with Crippen LogP contribution in [0.5, 0.6) is 0 Å². The molecule has 1 rings (SSSR count). The van der Waals surface area contributed by atoms with E-state index in [4.69, 9.17) is 9.84 Å². The van der Waals surface area contributed by atoms with Crippen LogP contribution in [-0.2, 0) is 9.53 Å². The van der Waals surface area contributed by atoms with Gasteiger partial charge in [0.25, 0.3) is 0 Å². The summed E-state index contributed by atoms with van der Waals surface area (Å²) in [5.41, 5.74) is 0.399. The van der Waals surface area contributed by atoms with Gasteiger partial charge in [0.1, 0.15) is 0 Å². The molecule has 1 heterocycles. The molecular formula is C7H10O3. The summed E-state index contributed by atoms with van der Waals surface area (Å²) >= 11 is 0. The second-order valence-electron chi connectivity index (χ2n) is 2.38. The number of carboxylic acids is 1. The topological polar surface area (TPSA) is 49.8 Å². The Kier molecular flexibility index (Phi) is 2.06. The second kappa shape index (κ2) is 2.84. The second-order valence-corrected chi connectivity index (χ2v) is 2.38. The van der Waals surface area contributed by atoms with E-state index in [2.05, 4.69) is 0 Å². The lowest BCUT2D eigenvalue weighted by molar-refractivity contribution is -0.132. The van der Waals surface area contributed by atoms with Crippen molar-refractivity contribution in [2.45, 2.75) is 19.4 Å². The molecular weight excluding hydrogens is 132 g/mol. The minimum Gasteiger partial charge on any atom is -0.478 e. The molecule has 0 aromatic rings. The van der Waals surface area contributed by atoms with E-state index in [-0.39, 0.29) is 6.10 Å². The van der Waals surface area contributed by atoms with Crippen LogP contribution in [0.1, 0.15) is 13.3 Å². The summed E-state index contributed by atoms with van der Waals surface area (Å²) < 4.78 is 4.90. The van der Waals surface area contributed by atoms with Gasteiger partial charge in [0.05, 0.1) is 12.7 Å². The van der Waals surface area contributed by atoms with E-state index in [0.29, 0.717) is 5.57 Å². The molecule has 3 nitrogen and oxygen atoms in total. The summed E-state index contributed by atoms with van der Waals surface area (Å²) in [5, 5.41) is 8.41. The zero-order valence-corrected chi connectivity index (χ0v) is 5.83. The molecule has 0 spiro atoms. The Morgan fingerprint density at radius 3 is 2.90 bits per heavy atom. The first-order valence-corrected chi connectivity index (χ1v) is 3.22. The number of ether oxygens (including phenoxy) is 1. The molecule has 1 aliphatic rings. The van der Waals surface area contributed by atoms with Gasteiger partial charge in [0.2, 0.25) is 0 Å². The van der Waals surface area contributed by atoms with E-state index in [1.807, 2.05) is 0 Å². The lowest BCUT2D eigenvalue weighted by Gasteiger charge is -1.89. The zero-order chi connectivity index (χ0) is 7.56. The molecule has 1 N–H and O–H groups in total. The molecule has 1 atom stereocenters. The molecule has 56 valence electrons. The van der Waals surface area contributed by atoms with Gasteiger partial charge < -0.3 is 9.84 Å². The van der Waals surface area contributed by atoms with Crippen LogP contribution >= 0.6 is 0 Å². The van der Waals surface area contributed by atoms with Crippen molar-refractivity contribution in [1.82, 2.24) is 0 Å².